The molecule has 4 saturated carbocycles. The van der Waals surface area contributed by atoms with Crippen molar-refractivity contribution in [2.45, 2.75) is 45.1 Å². The van der Waals surface area contributed by atoms with E-state index in [4.69, 9.17) is 0 Å². The maximum Gasteiger partial charge on any atom is 0.239 e. The van der Waals surface area contributed by atoms with Crippen molar-refractivity contribution in [2.24, 2.45) is 23.2 Å². The Morgan fingerprint density at radius 2 is 1.69 bits per heavy atom. The van der Waals surface area contributed by atoms with Gasteiger partial charge in [0.1, 0.15) is 5.01 Å². The molecule has 4 bridgehead atoms. The van der Waals surface area contributed by atoms with E-state index in [-0.39, 0.29) is 23.8 Å². The first-order chi connectivity index (χ1) is 14.1. The van der Waals surface area contributed by atoms with Crippen molar-refractivity contribution in [3.63, 3.8) is 0 Å². The van der Waals surface area contributed by atoms with Crippen molar-refractivity contribution in [1.29, 1.82) is 0 Å². The zero-order chi connectivity index (χ0) is 19.8. The molecule has 7 heteroatoms. The fourth-order valence-corrected chi connectivity index (χ4v) is 6.76. The largest absolute Gasteiger partial charge is 0.348 e. The van der Waals surface area contributed by atoms with Gasteiger partial charge in [-0.15, -0.1) is 11.3 Å². The Hall–Kier alpha value is -2.28. The highest BCUT2D eigenvalue weighted by molar-refractivity contribution is 7.09. The number of carbonyl (C=O) groups excluding carboxylic acids is 2. The molecule has 0 aromatic carbocycles. The summed E-state index contributed by atoms with van der Waals surface area (Å²) in [5, 5.41) is 8.63. The molecule has 2 aromatic rings. The van der Waals surface area contributed by atoms with Gasteiger partial charge in [0.15, 0.2) is 0 Å². The number of rotatable bonds is 6. The number of pyridine rings is 1. The van der Waals surface area contributed by atoms with Crippen molar-refractivity contribution in [2.75, 3.05) is 6.54 Å². The van der Waals surface area contributed by atoms with Crippen LogP contribution in [0.15, 0.2) is 29.9 Å². The van der Waals surface area contributed by atoms with Gasteiger partial charge in [-0.1, -0.05) is 0 Å². The normalized spacial score (nSPS) is 29.6. The number of nitrogens with zero attached hydrogens (tertiary/aromatic N) is 2. The van der Waals surface area contributed by atoms with Gasteiger partial charge in [-0.3, -0.25) is 14.6 Å². The van der Waals surface area contributed by atoms with Gasteiger partial charge in [-0.25, -0.2) is 4.98 Å². The molecule has 0 atom stereocenters. The molecule has 0 spiro atoms. The average molecular weight is 411 g/mol. The minimum atomic E-state index is -0.205. The van der Waals surface area contributed by atoms with Gasteiger partial charge in [0.2, 0.25) is 11.8 Å². The highest BCUT2D eigenvalue weighted by atomic mass is 32.1. The van der Waals surface area contributed by atoms with Gasteiger partial charge >= 0.3 is 0 Å². The van der Waals surface area contributed by atoms with E-state index in [0.717, 1.165) is 53.3 Å². The molecule has 4 aliphatic carbocycles. The lowest BCUT2D eigenvalue weighted by Crippen LogP contribution is -2.54. The molecule has 6 nitrogen and oxygen atoms in total. The predicted octanol–water partition coefficient (Wildman–Crippen LogP) is 3.15. The fourth-order valence-electron chi connectivity index (χ4n) is 6.02. The van der Waals surface area contributed by atoms with Crippen LogP contribution in [-0.2, 0) is 16.1 Å². The number of thiazole rings is 1. The van der Waals surface area contributed by atoms with Crippen LogP contribution in [0.3, 0.4) is 0 Å². The summed E-state index contributed by atoms with van der Waals surface area (Å²) < 4.78 is 0. The minimum Gasteiger partial charge on any atom is -0.348 e. The van der Waals surface area contributed by atoms with Crippen molar-refractivity contribution >= 4 is 23.2 Å². The van der Waals surface area contributed by atoms with Gasteiger partial charge in [-0.2, -0.15) is 0 Å². The van der Waals surface area contributed by atoms with E-state index < -0.39 is 0 Å². The maximum atomic E-state index is 12.9. The van der Waals surface area contributed by atoms with Gasteiger partial charge in [-0.05, 0) is 68.4 Å². The lowest BCUT2D eigenvalue weighted by molar-refractivity contribution is -0.147. The Labute approximate surface area is 174 Å². The summed E-state index contributed by atoms with van der Waals surface area (Å²) in [5.74, 6) is 2.10. The minimum absolute atomic E-state index is 0.0448. The Morgan fingerprint density at radius 3 is 2.34 bits per heavy atom. The summed E-state index contributed by atoms with van der Waals surface area (Å²) in [6, 6.07) is 3.83. The van der Waals surface area contributed by atoms with E-state index in [1.165, 1.54) is 30.6 Å². The number of amides is 2. The molecule has 0 radical (unpaired) electrons. The number of hydrogen-bond acceptors (Lipinski definition) is 5. The average Bonchev–Trinajstić information content (AvgIpc) is 3.19. The van der Waals surface area contributed by atoms with Crippen LogP contribution < -0.4 is 10.6 Å². The zero-order valence-electron chi connectivity index (χ0n) is 16.4. The predicted molar refractivity (Wildman–Crippen MR) is 111 cm³/mol. The van der Waals surface area contributed by atoms with E-state index >= 15 is 0 Å². The van der Waals surface area contributed by atoms with E-state index in [1.54, 1.807) is 12.4 Å². The first-order valence-electron chi connectivity index (χ1n) is 10.5. The molecule has 4 fully saturated rings. The van der Waals surface area contributed by atoms with Gasteiger partial charge in [0, 0.05) is 28.8 Å². The Bertz CT molecular complexity index is 875. The smallest absolute Gasteiger partial charge is 0.239 e. The number of hydrogen-bond donors (Lipinski definition) is 2. The van der Waals surface area contributed by atoms with E-state index in [0.29, 0.717) is 6.54 Å². The van der Waals surface area contributed by atoms with Crippen LogP contribution in [0.5, 0.6) is 0 Å². The summed E-state index contributed by atoms with van der Waals surface area (Å²) in [6.07, 6.45) is 10.5. The fraction of sp³-hybridized carbons (Fsp3) is 0.545. The first kappa shape index (κ1) is 18.7. The molecule has 0 unspecified atom stereocenters. The highest BCUT2D eigenvalue weighted by Gasteiger charge is 2.54. The van der Waals surface area contributed by atoms with Crippen LogP contribution in [0.1, 0.15) is 43.5 Å². The zero-order valence-corrected chi connectivity index (χ0v) is 17.2. The lowest BCUT2D eigenvalue weighted by atomic mass is 9.49. The summed E-state index contributed by atoms with van der Waals surface area (Å²) in [4.78, 5) is 33.8. The molecule has 2 N–H and O–H groups in total. The quantitative estimate of drug-likeness (QED) is 0.766. The Kier molecular flexibility index (Phi) is 4.86. The molecule has 0 saturated heterocycles. The maximum absolute atomic E-state index is 12.9. The van der Waals surface area contributed by atoms with Gasteiger partial charge in [0.05, 0.1) is 18.8 Å². The third kappa shape index (κ3) is 3.80. The van der Waals surface area contributed by atoms with Crippen LogP contribution >= 0.6 is 11.3 Å². The summed E-state index contributed by atoms with van der Waals surface area (Å²) in [6.45, 7) is 0.422. The molecule has 2 aromatic heterocycles. The van der Waals surface area contributed by atoms with Crippen molar-refractivity contribution < 1.29 is 9.59 Å². The molecular formula is C22H26N4O2S. The number of nitrogens with one attached hydrogen (secondary N) is 2. The van der Waals surface area contributed by atoms with Gasteiger partial charge < -0.3 is 10.6 Å². The van der Waals surface area contributed by atoms with Crippen LogP contribution in [0.4, 0.5) is 0 Å². The van der Waals surface area contributed by atoms with Crippen LogP contribution in [0, 0.1) is 23.2 Å². The van der Waals surface area contributed by atoms with Crippen molar-refractivity contribution in [1.82, 2.24) is 20.6 Å². The van der Waals surface area contributed by atoms with E-state index in [2.05, 4.69) is 20.6 Å². The van der Waals surface area contributed by atoms with Gasteiger partial charge in [0.25, 0.3) is 0 Å². The molecule has 29 heavy (non-hydrogen) atoms. The second-order valence-electron chi connectivity index (χ2n) is 9.02. The highest BCUT2D eigenvalue weighted by Crippen LogP contribution is 2.60. The van der Waals surface area contributed by atoms with Crippen molar-refractivity contribution in [3.8, 4) is 11.3 Å². The standard InChI is InChI=1S/C22H26N4O2S/c27-19(24-12-20-26-18(13-29-20)17-1-3-23-4-2-17)11-25-21(28)22-8-14-5-15(9-22)7-16(6-14)10-22/h1-4,13-16H,5-12H2,(H,24,27)(H,25,28). The summed E-state index contributed by atoms with van der Waals surface area (Å²) >= 11 is 1.52. The molecule has 6 rings (SSSR count). The molecule has 4 aliphatic rings. The van der Waals surface area contributed by atoms with E-state index in [9.17, 15) is 9.59 Å². The molecule has 152 valence electrons. The molecule has 2 heterocycles. The Balaban J connectivity index is 1.11. The lowest BCUT2D eigenvalue weighted by Gasteiger charge is -2.55. The topological polar surface area (TPSA) is 84.0 Å². The Morgan fingerprint density at radius 1 is 1.03 bits per heavy atom. The van der Waals surface area contributed by atoms with Crippen LogP contribution in [0.2, 0.25) is 0 Å². The van der Waals surface area contributed by atoms with Crippen molar-refractivity contribution in [3.05, 3.63) is 34.9 Å². The SMILES string of the molecule is O=C(CNC(=O)C12CC3CC(CC(C3)C1)C2)NCc1nc(-c2ccncc2)cs1. The molecule has 2 amide bonds. The molecule has 0 aliphatic heterocycles. The summed E-state index contributed by atoms with van der Waals surface area (Å²) in [5.41, 5.74) is 1.69. The number of aromatic nitrogens is 2. The van der Waals surface area contributed by atoms with Crippen LogP contribution in [-0.4, -0.2) is 28.3 Å². The van der Waals surface area contributed by atoms with Crippen LogP contribution in [0.25, 0.3) is 11.3 Å². The number of carbonyl (C=O) groups is 2. The molecular weight excluding hydrogens is 384 g/mol. The third-order valence-electron chi connectivity index (χ3n) is 6.89. The summed E-state index contributed by atoms with van der Waals surface area (Å²) in [7, 11) is 0. The second kappa shape index (κ2) is 7.52. The first-order valence-corrected chi connectivity index (χ1v) is 11.4. The monoisotopic (exact) mass is 410 g/mol. The second-order valence-corrected chi connectivity index (χ2v) is 9.96. The van der Waals surface area contributed by atoms with E-state index in [1.807, 2.05) is 17.5 Å². The third-order valence-corrected chi connectivity index (χ3v) is 7.74.